The van der Waals surface area contributed by atoms with Crippen LogP contribution in [0.2, 0.25) is 0 Å². The lowest BCUT2D eigenvalue weighted by Crippen LogP contribution is -2.29. The summed E-state index contributed by atoms with van der Waals surface area (Å²) in [6.45, 7) is 8.61. The maximum Gasteiger partial charge on any atom is 0.160 e. The molecule has 0 saturated heterocycles. The van der Waals surface area contributed by atoms with E-state index in [-0.39, 0.29) is 5.75 Å². The Morgan fingerprint density at radius 2 is 2.00 bits per heavy atom. The number of methoxy groups -OCH3 is 1. The summed E-state index contributed by atoms with van der Waals surface area (Å²) in [7, 11) is 1.56. The molecule has 20 heavy (non-hydrogen) atoms. The minimum absolute atomic E-state index is 0.203. The van der Waals surface area contributed by atoms with Gasteiger partial charge in [-0.3, -0.25) is 0 Å². The number of hydrogen-bond acceptors (Lipinski definition) is 3. The van der Waals surface area contributed by atoms with Crippen molar-refractivity contribution in [1.29, 1.82) is 0 Å². The molecule has 0 unspecified atom stereocenters. The zero-order chi connectivity index (χ0) is 15.0. The van der Waals surface area contributed by atoms with Crippen LogP contribution in [0.5, 0.6) is 11.5 Å². The number of phenols is 1. The van der Waals surface area contributed by atoms with E-state index >= 15 is 0 Å². The molecule has 0 heterocycles. The average molecular weight is 279 g/mol. The van der Waals surface area contributed by atoms with Gasteiger partial charge in [0.2, 0.25) is 0 Å². The fourth-order valence-electron chi connectivity index (χ4n) is 2.33. The van der Waals surface area contributed by atoms with Crippen LogP contribution >= 0.6 is 0 Å². The number of aromatic hydroxyl groups is 1. The Morgan fingerprint density at radius 1 is 1.25 bits per heavy atom. The number of unbranched alkanes of at least 4 members (excludes halogenated alkanes) is 2. The van der Waals surface area contributed by atoms with Crippen LogP contribution in [-0.4, -0.2) is 18.8 Å². The summed E-state index contributed by atoms with van der Waals surface area (Å²) < 4.78 is 5.04. The molecule has 1 rings (SSSR count). The van der Waals surface area contributed by atoms with Gasteiger partial charge >= 0.3 is 0 Å². The van der Waals surface area contributed by atoms with Gasteiger partial charge in [-0.2, -0.15) is 0 Å². The average Bonchev–Trinajstić information content (AvgIpc) is 2.39. The zero-order valence-electron chi connectivity index (χ0n) is 13.3. The van der Waals surface area contributed by atoms with E-state index in [9.17, 15) is 5.11 Å². The minimum Gasteiger partial charge on any atom is -0.504 e. The van der Waals surface area contributed by atoms with Crippen molar-refractivity contribution in [3.63, 3.8) is 0 Å². The van der Waals surface area contributed by atoms with E-state index < -0.39 is 0 Å². The van der Waals surface area contributed by atoms with Gasteiger partial charge in [-0.15, -0.1) is 0 Å². The molecule has 0 radical (unpaired) electrons. The predicted molar refractivity (Wildman–Crippen MR) is 84.3 cm³/mol. The summed E-state index contributed by atoms with van der Waals surface area (Å²) in [5.74, 6) is 0.725. The van der Waals surface area contributed by atoms with Gasteiger partial charge in [0.05, 0.1) is 7.11 Å². The highest BCUT2D eigenvalue weighted by molar-refractivity contribution is 5.41. The van der Waals surface area contributed by atoms with Crippen molar-refractivity contribution in [2.45, 2.75) is 53.0 Å². The maximum atomic E-state index is 9.74. The molecule has 0 aliphatic heterocycles. The standard InChI is InChI=1S/C17H29NO2/c1-5-6-7-10-17(2,3)13-18-12-14-8-9-16(20-4)15(19)11-14/h8-9,11,18-19H,5-7,10,12-13H2,1-4H3. The lowest BCUT2D eigenvalue weighted by Gasteiger charge is -2.25. The van der Waals surface area contributed by atoms with Gasteiger partial charge in [-0.1, -0.05) is 46.1 Å². The number of rotatable bonds is 9. The van der Waals surface area contributed by atoms with Crippen LogP contribution in [0.1, 0.15) is 52.0 Å². The Labute approximate surface area is 123 Å². The zero-order valence-corrected chi connectivity index (χ0v) is 13.3. The second kappa shape index (κ2) is 8.15. The van der Waals surface area contributed by atoms with Crippen molar-refractivity contribution < 1.29 is 9.84 Å². The topological polar surface area (TPSA) is 41.5 Å². The number of hydrogen-bond donors (Lipinski definition) is 2. The first-order valence-electron chi connectivity index (χ1n) is 7.55. The van der Waals surface area contributed by atoms with Crippen LogP contribution in [0.4, 0.5) is 0 Å². The molecule has 1 aromatic carbocycles. The van der Waals surface area contributed by atoms with E-state index in [2.05, 4.69) is 26.1 Å². The lowest BCUT2D eigenvalue weighted by atomic mass is 9.87. The molecule has 1 aromatic rings. The van der Waals surface area contributed by atoms with Crippen molar-refractivity contribution in [2.75, 3.05) is 13.7 Å². The van der Waals surface area contributed by atoms with Gasteiger partial charge in [0, 0.05) is 13.1 Å². The van der Waals surface area contributed by atoms with Crippen molar-refractivity contribution >= 4 is 0 Å². The first kappa shape index (κ1) is 16.8. The molecule has 3 heteroatoms. The van der Waals surface area contributed by atoms with Gasteiger partial charge in [0.25, 0.3) is 0 Å². The summed E-state index contributed by atoms with van der Waals surface area (Å²) >= 11 is 0. The fraction of sp³-hybridized carbons (Fsp3) is 0.647. The summed E-state index contributed by atoms with van der Waals surface area (Å²) in [6.07, 6.45) is 5.14. The molecule has 3 nitrogen and oxygen atoms in total. The lowest BCUT2D eigenvalue weighted by molar-refractivity contribution is 0.301. The van der Waals surface area contributed by atoms with E-state index in [4.69, 9.17) is 4.74 Å². The molecule has 0 saturated carbocycles. The van der Waals surface area contributed by atoms with Gasteiger partial charge in [0.1, 0.15) is 0 Å². The van der Waals surface area contributed by atoms with E-state index in [0.29, 0.717) is 11.2 Å². The van der Waals surface area contributed by atoms with Crippen molar-refractivity contribution in [1.82, 2.24) is 5.32 Å². The molecule has 0 fully saturated rings. The van der Waals surface area contributed by atoms with Crippen molar-refractivity contribution in [3.05, 3.63) is 23.8 Å². The third kappa shape index (κ3) is 5.83. The Balaban J connectivity index is 2.38. The highest BCUT2D eigenvalue weighted by atomic mass is 16.5. The molecule has 0 aliphatic rings. The Hall–Kier alpha value is -1.22. The smallest absolute Gasteiger partial charge is 0.160 e. The van der Waals surface area contributed by atoms with Gasteiger partial charge in [-0.25, -0.2) is 0 Å². The number of phenolic OH excluding ortho intramolecular Hbond substituents is 1. The van der Waals surface area contributed by atoms with Crippen LogP contribution in [0, 0.1) is 5.41 Å². The Bertz CT molecular complexity index is 402. The van der Waals surface area contributed by atoms with Gasteiger partial charge in [-0.05, 0) is 29.5 Å². The minimum atomic E-state index is 0.203. The Kier molecular flexibility index (Phi) is 6.86. The SMILES string of the molecule is CCCCCC(C)(C)CNCc1ccc(OC)c(O)c1. The van der Waals surface area contributed by atoms with Gasteiger partial charge < -0.3 is 15.2 Å². The maximum absolute atomic E-state index is 9.74. The molecule has 0 aromatic heterocycles. The van der Waals surface area contributed by atoms with E-state index in [1.807, 2.05) is 6.07 Å². The first-order chi connectivity index (χ1) is 9.48. The summed E-state index contributed by atoms with van der Waals surface area (Å²) in [5.41, 5.74) is 1.40. The third-order valence-corrected chi connectivity index (χ3v) is 3.63. The quantitative estimate of drug-likeness (QED) is 0.669. The van der Waals surface area contributed by atoms with Crippen LogP contribution in [-0.2, 0) is 6.54 Å². The normalized spacial score (nSPS) is 11.6. The predicted octanol–water partition coefficient (Wildman–Crippen LogP) is 4.10. The third-order valence-electron chi connectivity index (χ3n) is 3.63. The molecule has 0 spiro atoms. The number of nitrogens with one attached hydrogen (secondary N) is 1. The van der Waals surface area contributed by atoms with Crippen LogP contribution in [0.25, 0.3) is 0 Å². The highest BCUT2D eigenvalue weighted by Crippen LogP contribution is 2.26. The molecule has 114 valence electrons. The number of ether oxygens (including phenoxy) is 1. The monoisotopic (exact) mass is 279 g/mol. The Morgan fingerprint density at radius 3 is 2.60 bits per heavy atom. The molecule has 0 amide bonds. The fourth-order valence-corrected chi connectivity index (χ4v) is 2.33. The molecular formula is C17H29NO2. The van der Waals surface area contributed by atoms with Gasteiger partial charge in [0.15, 0.2) is 11.5 Å². The van der Waals surface area contributed by atoms with Crippen LogP contribution in [0.3, 0.4) is 0 Å². The molecule has 2 N–H and O–H groups in total. The molecule has 0 bridgehead atoms. The largest absolute Gasteiger partial charge is 0.504 e. The first-order valence-corrected chi connectivity index (χ1v) is 7.55. The summed E-state index contributed by atoms with van der Waals surface area (Å²) in [4.78, 5) is 0. The highest BCUT2D eigenvalue weighted by Gasteiger charge is 2.16. The molecule has 0 aliphatic carbocycles. The van der Waals surface area contributed by atoms with Crippen LogP contribution < -0.4 is 10.1 Å². The molecular weight excluding hydrogens is 250 g/mol. The van der Waals surface area contributed by atoms with Crippen LogP contribution in [0.15, 0.2) is 18.2 Å². The summed E-state index contributed by atoms with van der Waals surface area (Å²) in [5, 5.41) is 13.2. The van der Waals surface area contributed by atoms with Crippen molar-refractivity contribution in [3.8, 4) is 11.5 Å². The van der Waals surface area contributed by atoms with E-state index in [1.165, 1.54) is 25.7 Å². The summed E-state index contributed by atoms with van der Waals surface area (Å²) in [6, 6.07) is 5.55. The van der Waals surface area contributed by atoms with Crippen molar-refractivity contribution in [2.24, 2.45) is 5.41 Å². The second-order valence-electron chi connectivity index (χ2n) is 6.23. The van der Waals surface area contributed by atoms with E-state index in [0.717, 1.165) is 18.7 Å². The second-order valence-corrected chi connectivity index (χ2v) is 6.23. The van der Waals surface area contributed by atoms with E-state index in [1.54, 1.807) is 19.2 Å². The molecule has 0 atom stereocenters. The number of benzene rings is 1.